The van der Waals surface area contributed by atoms with Crippen molar-refractivity contribution in [3.05, 3.63) is 40.0 Å². The van der Waals surface area contributed by atoms with E-state index in [1.54, 1.807) is 31.2 Å². The van der Waals surface area contributed by atoms with E-state index in [9.17, 15) is 4.79 Å². The smallest absolute Gasteiger partial charge is 0.350 e. The first-order valence-electron chi connectivity index (χ1n) is 5.08. The summed E-state index contributed by atoms with van der Waals surface area (Å²) >= 11 is 11.8. The summed E-state index contributed by atoms with van der Waals surface area (Å²) in [6, 6.07) is 6.70. The summed E-state index contributed by atoms with van der Waals surface area (Å²) in [5, 5.41) is 12.3. The molecule has 6 heteroatoms. The van der Waals surface area contributed by atoms with Crippen LogP contribution in [-0.2, 0) is 9.53 Å². The Labute approximate surface area is 115 Å². The number of ether oxygens (including phenoxy) is 1. The zero-order chi connectivity index (χ0) is 13.5. The summed E-state index contributed by atoms with van der Waals surface area (Å²) in [4.78, 5) is 11.3. The standard InChI is InChI=1S/C12H10Cl2N2O2/c1-2-18-12(17)8(6-15)7-16-11-9(13)4-3-5-10(11)14/h3-5,7,16H,2H2,1H3/b8-7-. The maximum absolute atomic E-state index is 11.3. The molecule has 0 heterocycles. The number of rotatable bonds is 4. The molecule has 1 aromatic carbocycles. The fourth-order valence-electron chi connectivity index (χ4n) is 1.13. The largest absolute Gasteiger partial charge is 0.462 e. The quantitative estimate of drug-likeness (QED) is 0.523. The van der Waals surface area contributed by atoms with Crippen LogP contribution in [0.5, 0.6) is 0 Å². The highest BCUT2D eigenvalue weighted by Crippen LogP contribution is 2.29. The van der Waals surface area contributed by atoms with Gasteiger partial charge in [0, 0.05) is 6.20 Å². The van der Waals surface area contributed by atoms with Gasteiger partial charge in [-0.25, -0.2) is 4.79 Å². The van der Waals surface area contributed by atoms with Gasteiger partial charge in [-0.1, -0.05) is 29.3 Å². The van der Waals surface area contributed by atoms with Crippen LogP contribution in [0.4, 0.5) is 5.69 Å². The van der Waals surface area contributed by atoms with Gasteiger partial charge in [0.25, 0.3) is 0 Å². The Bertz CT molecular complexity index is 501. The molecule has 0 radical (unpaired) electrons. The minimum atomic E-state index is -0.698. The van der Waals surface area contributed by atoms with E-state index in [2.05, 4.69) is 5.32 Å². The molecule has 0 aliphatic carbocycles. The molecule has 1 aromatic rings. The minimum absolute atomic E-state index is 0.159. The molecule has 18 heavy (non-hydrogen) atoms. The van der Waals surface area contributed by atoms with Crippen LogP contribution in [0.1, 0.15) is 6.92 Å². The summed E-state index contributed by atoms with van der Waals surface area (Å²) in [6.07, 6.45) is 1.21. The molecule has 0 bridgehead atoms. The number of nitriles is 1. The lowest BCUT2D eigenvalue weighted by molar-refractivity contribution is -0.138. The Hall–Kier alpha value is -1.70. The van der Waals surface area contributed by atoms with Crippen molar-refractivity contribution in [2.75, 3.05) is 11.9 Å². The monoisotopic (exact) mass is 284 g/mol. The van der Waals surface area contributed by atoms with E-state index in [-0.39, 0.29) is 12.2 Å². The molecule has 1 rings (SSSR count). The van der Waals surface area contributed by atoms with Crippen molar-refractivity contribution in [1.82, 2.24) is 0 Å². The van der Waals surface area contributed by atoms with Crippen molar-refractivity contribution in [3.63, 3.8) is 0 Å². The molecule has 0 spiro atoms. The number of nitrogens with one attached hydrogen (secondary N) is 1. The molecule has 0 amide bonds. The van der Waals surface area contributed by atoms with Gasteiger partial charge in [0.05, 0.1) is 22.3 Å². The lowest BCUT2D eigenvalue weighted by Gasteiger charge is -2.06. The van der Waals surface area contributed by atoms with E-state index in [0.29, 0.717) is 15.7 Å². The lowest BCUT2D eigenvalue weighted by Crippen LogP contribution is -2.08. The van der Waals surface area contributed by atoms with E-state index in [4.69, 9.17) is 33.2 Å². The van der Waals surface area contributed by atoms with Crippen molar-refractivity contribution >= 4 is 34.9 Å². The Morgan fingerprint density at radius 3 is 2.61 bits per heavy atom. The second-order valence-electron chi connectivity index (χ2n) is 3.13. The van der Waals surface area contributed by atoms with E-state index < -0.39 is 5.97 Å². The van der Waals surface area contributed by atoms with Crippen molar-refractivity contribution < 1.29 is 9.53 Å². The molecule has 0 saturated heterocycles. The number of hydrogen-bond donors (Lipinski definition) is 1. The molecule has 0 aliphatic rings. The summed E-state index contributed by atoms with van der Waals surface area (Å²) in [5.74, 6) is -0.698. The van der Waals surface area contributed by atoms with Crippen LogP contribution in [0.2, 0.25) is 10.0 Å². The molecular formula is C12H10Cl2N2O2. The molecule has 0 aromatic heterocycles. The number of anilines is 1. The highest BCUT2D eigenvalue weighted by Gasteiger charge is 2.10. The van der Waals surface area contributed by atoms with Crippen LogP contribution in [0.15, 0.2) is 30.0 Å². The van der Waals surface area contributed by atoms with Crippen LogP contribution >= 0.6 is 23.2 Å². The topological polar surface area (TPSA) is 62.1 Å². The van der Waals surface area contributed by atoms with Crippen LogP contribution in [0.3, 0.4) is 0 Å². The Morgan fingerprint density at radius 1 is 1.50 bits per heavy atom. The van der Waals surface area contributed by atoms with Gasteiger partial charge in [-0.05, 0) is 19.1 Å². The van der Waals surface area contributed by atoms with Crippen molar-refractivity contribution in [2.45, 2.75) is 6.92 Å². The van der Waals surface area contributed by atoms with Gasteiger partial charge in [0.1, 0.15) is 6.07 Å². The average Bonchev–Trinajstić information content (AvgIpc) is 2.33. The molecule has 0 aliphatic heterocycles. The molecule has 94 valence electrons. The fourth-order valence-corrected chi connectivity index (χ4v) is 1.63. The molecule has 0 saturated carbocycles. The third-order valence-corrected chi connectivity index (χ3v) is 2.57. The number of para-hydroxylation sites is 1. The Morgan fingerprint density at radius 2 is 2.11 bits per heavy atom. The number of esters is 1. The lowest BCUT2D eigenvalue weighted by atomic mass is 10.3. The molecule has 0 unspecified atom stereocenters. The molecule has 1 N–H and O–H groups in total. The van der Waals surface area contributed by atoms with E-state index in [1.807, 2.05) is 0 Å². The number of hydrogen-bond acceptors (Lipinski definition) is 4. The zero-order valence-electron chi connectivity index (χ0n) is 9.54. The summed E-state index contributed by atoms with van der Waals surface area (Å²) in [6.45, 7) is 1.86. The predicted molar refractivity (Wildman–Crippen MR) is 70.4 cm³/mol. The van der Waals surface area contributed by atoms with Gasteiger partial charge >= 0.3 is 5.97 Å². The highest BCUT2D eigenvalue weighted by atomic mass is 35.5. The van der Waals surface area contributed by atoms with Crippen molar-refractivity contribution in [3.8, 4) is 6.07 Å². The van der Waals surface area contributed by atoms with Crippen LogP contribution in [0, 0.1) is 11.3 Å². The maximum atomic E-state index is 11.3. The number of halogens is 2. The Kier molecular flexibility index (Phi) is 5.50. The van der Waals surface area contributed by atoms with Gasteiger partial charge in [-0.3, -0.25) is 0 Å². The summed E-state index contributed by atoms with van der Waals surface area (Å²) in [7, 11) is 0. The van der Waals surface area contributed by atoms with Crippen LogP contribution in [-0.4, -0.2) is 12.6 Å². The number of carbonyl (C=O) groups is 1. The summed E-state index contributed by atoms with van der Waals surface area (Å²) in [5.41, 5.74) is 0.269. The SMILES string of the molecule is CCOC(=O)/C(C#N)=C\Nc1c(Cl)cccc1Cl. The van der Waals surface area contributed by atoms with Crippen LogP contribution in [0.25, 0.3) is 0 Å². The summed E-state index contributed by atoms with van der Waals surface area (Å²) < 4.78 is 4.71. The fraction of sp³-hybridized carbons (Fsp3) is 0.167. The highest BCUT2D eigenvalue weighted by molar-refractivity contribution is 6.39. The van der Waals surface area contributed by atoms with E-state index in [1.165, 1.54) is 6.20 Å². The first-order chi connectivity index (χ1) is 8.60. The zero-order valence-corrected chi connectivity index (χ0v) is 11.0. The second kappa shape index (κ2) is 6.90. The molecule has 4 nitrogen and oxygen atoms in total. The van der Waals surface area contributed by atoms with Gasteiger partial charge < -0.3 is 10.1 Å². The van der Waals surface area contributed by atoms with Crippen molar-refractivity contribution in [2.24, 2.45) is 0 Å². The van der Waals surface area contributed by atoms with E-state index >= 15 is 0 Å². The minimum Gasteiger partial charge on any atom is -0.462 e. The van der Waals surface area contributed by atoms with E-state index in [0.717, 1.165) is 0 Å². The maximum Gasteiger partial charge on any atom is 0.350 e. The normalized spacial score (nSPS) is 10.7. The number of benzene rings is 1. The molecule has 0 fully saturated rings. The van der Waals surface area contributed by atoms with Gasteiger partial charge in [-0.2, -0.15) is 5.26 Å². The first-order valence-corrected chi connectivity index (χ1v) is 5.83. The average molecular weight is 285 g/mol. The van der Waals surface area contributed by atoms with Gasteiger partial charge in [-0.15, -0.1) is 0 Å². The van der Waals surface area contributed by atoms with Crippen LogP contribution < -0.4 is 5.32 Å². The Balaban J connectivity index is 2.91. The van der Waals surface area contributed by atoms with Gasteiger partial charge in [0.15, 0.2) is 5.57 Å². The number of nitrogens with zero attached hydrogens (tertiary/aromatic N) is 1. The molecule has 0 atom stereocenters. The molecular weight excluding hydrogens is 275 g/mol. The number of carbonyl (C=O) groups excluding carboxylic acids is 1. The van der Waals surface area contributed by atoms with Gasteiger partial charge in [0.2, 0.25) is 0 Å². The second-order valence-corrected chi connectivity index (χ2v) is 3.95. The first kappa shape index (κ1) is 14.4. The third-order valence-electron chi connectivity index (χ3n) is 1.94. The third kappa shape index (κ3) is 3.66. The predicted octanol–water partition coefficient (Wildman–Crippen LogP) is 3.38. The van der Waals surface area contributed by atoms with Crippen molar-refractivity contribution in [1.29, 1.82) is 5.26 Å².